The van der Waals surface area contributed by atoms with Crippen molar-refractivity contribution in [3.8, 4) is 0 Å². The molecular weight excluding hydrogens is 200 g/mol. The number of nitrogens with zero attached hydrogens (tertiary/aromatic N) is 1. The quantitative estimate of drug-likeness (QED) is 0.628. The molecule has 1 N–H and O–H groups in total. The van der Waals surface area contributed by atoms with E-state index in [9.17, 15) is 0 Å². The summed E-state index contributed by atoms with van der Waals surface area (Å²) in [7, 11) is 0. The van der Waals surface area contributed by atoms with Crippen molar-refractivity contribution < 1.29 is 4.42 Å². The van der Waals surface area contributed by atoms with E-state index in [1.165, 1.54) is 5.56 Å². The highest BCUT2D eigenvalue weighted by molar-refractivity contribution is 5.76. The fraction of sp³-hybridized carbons (Fsp3) is 0.154. The van der Waals surface area contributed by atoms with Crippen LogP contribution in [0.2, 0.25) is 0 Å². The Morgan fingerprint density at radius 2 is 1.81 bits per heavy atom. The van der Waals surface area contributed by atoms with Crippen LogP contribution < -0.4 is 5.43 Å². The van der Waals surface area contributed by atoms with Crippen molar-refractivity contribution in [3.63, 3.8) is 0 Å². The average molecular weight is 214 g/mol. The predicted molar refractivity (Wildman–Crippen MR) is 65.8 cm³/mol. The molecule has 0 spiro atoms. The highest BCUT2D eigenvalue weighted by Gasteiger charge is 1.93. The summed E-state index contributed by atoms with van der Waals surface area (Å²) in [5, 5.41) is 4.09. The average Bonchev–Trinajstić information content (AvgIpc) is 2.67. The van der Waals surface area contributed by atoms with Crippen molar-refractivity contribution >= 4 is 11.9 Å². The van der Waals surface area contributed by atoms with E-state index in [2.05, 4.69) is 17.5 Å². The summed E-state index contributed by atoms with van der Waals surface area (Å²) >= 11 is 0. The molecule has 0 fully saturated rings. The first kappa shape index (κ1) is 10.5. The molecule has 1 heterocycles. The molecule has 0 aliphatic heterocycles. The van der Waals surface area contributed by atoms with E-state index in [0.717, 1.165) is 17.2 Å². The first-order valence-corrected chi connectivity index (χ1v) is 5.16. The zero-order chi connectivity index (χ0) is 11.4. The molecule has 0 amide bonds. The topological polar surface area (TPSA) is 37.5 Å². The van der Waals surface area contributed by atoms with Crippen molar-refractivity contribution in [1.29, 1.82) is 0 Å². The summed E-state index contributed by atoms with van der Waals surface area (Å²) in [6, 6.07) is 11.8. The molecular formula is C13H14N2O. The van der Waals surface area contributed by atoms with Crippen molar-refractivity contribution in [2.24, 2.45) is 5.10 Å². The van der Waals surface area contributed by atoms with Crippen LogP contribution in [0.3, 0.4) is 0 Å². The van der Waals surface area contributed by atoms with Crippen LogP contribution >= 0.6 is 0 Å². The number of hydrogen-bond donors (Lipinski definition) is 1. The molecule has 1 aromatic heterocycles. The monoisotopic (exact) mass is 214 g/mol. The lowest BCUT2D eigenvalue weighted by Gasteiger charge is -1.99. The van der Waals surface area contributed by atoms with E-state index in [1.54, 1.807) is 6.21 Å². The standard InChI is InChI=1S/C13H14N2O/c1-10-3-6-12(7-4-10)15-14-9-13-8-5-11(2)16-13/h3-9,15H,1-2H3/b14-9-. The van der Waals surface area contributed by atoms with Gasteiger partial charge in [0.25, 0.3) is 0 Å². The lowest BCUT2D eigenvalue weighted by molar-refractivity contribution is 0.528. The van der Waals surface area contributed by atoms with Gasteiger partial charge in [0.05, 0.1) is 11.9 Å². The number of anilines is 1. The minimum Gasteiger partial charge on any atom is -0.460 e. The highest BCUT2D eigenvalue weighted by Crippen LogP contribution is 2.08. The lowest BCUT2D eigenvalue weighted by atomic mass is 10.2. The lowest BCUT2D eigenvalue weighted by Crippen LogP contribution is -1.89. The van der Waals surface area contributed by atoms with Crippen LogP contribution in [0, 0.1) is 13.8 Å². The van der Waals surface area contributed by atoms with Gasteiger partial charge >= 0.3 is 0 Å². The zero-order valence-corrected chi connectivity index (χ0v) is 9.40. The van der Waals surface area contributed by atoms with E-state index in [-0.39, 0.29) is 0 Å². The number of furan rings is 1. The van der Waals surface area contributed by atoms with Gasteiger partial charge in [-0.05, 0) is 38.1 Å². The number of hydrazone groups is 1. The van der Waals surface area contributed by atoms with Crippen molar-refractivity contribution in [3.05, 3.63) is 53.5 Å². The Morgan fingerprint density at radius 1 is 1.06 bits per heavy atom. The Labute approximate surface area is 94.8 Å². The normalized spacial score (nSPS) is 10.9. The van der Waals surface area contributed by atoms with Crippen LogP contribution in [0.4, 0.5) is 5.69 Å². The molecule has 0 bridgehead atoms. The maximum absolute atomic E-state index is 5.35. The van der Waals surface area contributed by atoms with Crippen molar-refractivity contribution in [2.75, 3.05) is 5.43 Å². The Hall–Kier alpha value is -2.03. The van der Waals surface area contributed by atoms with Crippen LogP contribution in [0.25, 0.3) is 0 Å². The van der Waals surface area contributed by atoms with Gasteiger partial charge in [0.1, 0.15) is 11.5 Å². The van der Waals surface area contributed by atoms with Crippen LogP contribution in [0.5, 0.6) is 0 Å². The van der Waals surface area contributed by atoms with E-state index in [1.807, 2.05) is 43.3 Å². The number of aryl methyl sites for hydroxylation is 2. The largest absolute Gasteiger partial charge is 0.460 e. The van der Waals surface area contributed by atoms with Gasteiger partial charge in [-0.3, -0.25) is 5.43 Å². The minimum absolute atomic E-state index is 0.747. The molecule has 0 aliphatic carbocycles. The second kappa shape index (κ2) is 4.66. The van der Waals surface area contributed by atoms with Crippen LogP contribution in [-0.2, 0) is 0 Å². The minimum atomic E-state index is 0.747. The molecule has 0 atom stereocenters. The van der Waals surface area contributed by atoms with Gasteiger partial charge < -0.3 is 4.42 Å². The van der Waals surface area contributed by atoms with Crippen LogP contribution in [0.15, 0.2) is 45.9 Å². The SMILES string of the molecule is Cc1ccc(N/N=C\c2ccc(C)o2)cc1. The van der Waals surface area contributed by atoms with Gasteiger partial charge in [-0.1, -0.05) is 17.7 Å². The second-order valence-electron chi connectivity index (χ2n) is 3.68. The molecule has 82 valence electrons. The predicted octanol–water partition coefficient (Wildman–Crippen LogP) is 3.34. The van der Waals surface area contributed by atoms with Gasteiger partial charge in [0.2, 0.25) is 0 Å². The summed E-state index contributed by atoms with van der Waals surface area (Å²) in [6.45, 7) is 3.96. The molecule has 2 aromatic rings. The summed E-state index contributed by atoms with van der Waals surface area (Å²) in [6.07, 6.45) is 1.66. The Morgan fingerprint density at radius 3 is 2.44 bits per heavy atom. The fourth-order valence-corrected chi connectivity index (χ4v) is 1.32. The van der Waals surface area contributed by atoms with Gasteiger partial charge in [-0.15, -0.1) is 0 Å². The number of rotatable bonds is 3. The van der Waals surface area contributed by atoms with Crippen LogP contribution in [-0.4, -0.2) is 6.21 Å². The van der Waals surface area contributed by atoms with Crippen molar-refractivity contribution in [1.82, 2.24) is 0 Å². The summed E-state index contributed by atoms with van der Waals surface area (Å²) in [5.74, 6) is 1.63. The molecule has 1 aromatic carbocycles. The van der Waals surface area contributed by atoms with Gasteiger partial charge in [-0.25, -0.2) is 0 Å². The molecule has 0 saturated heterocycles. The van der Waals surface area contributed by atoms with Gasteiger partial charge in [0, 0.05) is 0 Å². The Balaban J connectivity index is 1.97. The molecule has 0 radical (unpaired) electrons. The maximum Gasteiger partial charge on any atom is 0.147 e. The third-order valence-corrected chi connectivity index (χ3v) is 2.20. The first-order chi connectivity index (χ1) is 7.74. The Kier molecular flexibility index (Phi) is 3.05. The van der Waals surface area contributed by atoms with E-state index < -0.39 is 0 Å². The third kappa shape index (κ3) is 2.73. The van der Waals surface area contributed by atoms with Crippen molar-refractivity contribution in [2.45, 2.75) is 13.8 Å². The molecule has 3 heteroatoms. The number of benzene rings is 1. The third-order valence-electron chi connectivity index (χ3n) is 2.20. The van der Waals surface area contributed by atoms with E-state index >= 15 is 0 Å². The summed E-state index contributed by atoms with van der Waals surface area (Å²) in [4.78, 5) is 0. The fourth-order valence-electron chi connectivity index (χ4n) is 1.32. The number of hydrogen-bond acceptors (Lipinski definition) is 3. The molecule has 0 unspecified atom stereocenters. The Bertz CT molecular complexity index is 483. The summed E-state index contributed by atoms with van der Waals surface area (Å²) in [5.41, 5.74) is 5.13. The highest BCUT2D eigenvalue weighted by atomic mass is 16.3. The smallest absolute Gasteiger partial charge is 0.147 e. The molecule has 0 aliphatic rings. The molecule has 3 nitrogen and oxygen atoms in total. The maximum atomic E-state index is 5.35. The second-order valence-corrected chi connectivity index (χ2v) is 3.68. The molecule has 0 saturated carbocycles. The summed E-state index contributed by atoms with van der Waals surface area (Å²) < 4.78 is 5.35. The van der Waals surface area contributed by atoms with E-state index in [4.69, 9.17) is 4.42 Å². The molecule has 2 rings (SSSR count). The first-order valence-electron chi connectivity index (χ1n) is 5.16. The molecule has 16 heavy (non-hydrogen) atoms. The van der Waals surface area contributed by atoms with E-state index in [0.29, 0.717) is 0 Å². The van der Waals surface area contributed by atoms with Gasteiger partial charge in [-0.2, -0.15) is 5.10 Å². The zero-order valence-electron chi connectivity index (χ0n) is 9.40. The number of nitrogens with one attached hydrogen (secondary N) is 1. The van der Waals surface area contributed by atoms with Gasteiger partial charge in [0.15, 0.2) is 0 Å². The van der Waals surface area contributed by atoms with Crippen LogP contribution in [0.1, 0.15) is 17.1 Å².